The van der Waals surface area contributed by atoms with E-state index in [4.69, 9.17) is 0 Å². The van der Waals surface area contributed by atoms with Gasteiger partial charge in [0, 0.05) is 0 Å². The molecule has 0 aliphatic rings. The van der Waals surface area contributed by atoms with E-state index < -0.39 is 0 Å². The molecule has 0 amide bonds. The normalized spacial score (nSPS) is 14.1. The van der Waals surface area contributed by atoms with E-state index in [0.29, 0.717) is 29.0 Å². The van der Waals surface area contributed by atoms with Gasteiger partial charge in [-0.1, -0.05) is 0 Å². The third-order valence-corrected chi connectivity index (χ3v) is 10.7. The van der Waals surface area contributed by atoms with Crippen LogP contribution in [0.1, 0.15) is 90.2 Å². The van der Waals surface area contributed by atoms with Gasteiger partial charge in [-0.25, -0.2) is 0 Å². The van der Waals surface area contributed by atoms with Gasteiger partial charge in [-0.3, -0.25) is 0 Å². The van der Waals surface area contributed by atoms with Gasteiger partial charge in [-0.05, 0) is 0 Å². The number of hydrogen-bond acceptors (Lipinski definition) is 0. The molecular weight excluding hydrogens is 470 g/mol. The summed E-state index contributed by atoms with van der Waals surface area (Å²) in [6.07, 6.45) is 13.5. The van der Waals surface area contributed by atoms with Crippen LogP contribution in [0.15, 0.2) is 22.0 Å². The Balaban J connectivity index is 2.01. The second kappa shape index (κ2) is 11.2. The van der Waals surface area contributed by atoms with Gasteiger partial charge in [0.15, 0.2) is 0 Å². The Morgan fingerprint density at radius 3 is 1.46 bits per heavy atom. The average molecular weight is 509 g/mol. The van der Waals surface area contributed by atoms with Crippen molar-refractivity contribution in [3.8, 4) is 0 Å². The fraction of sp³-hybridized carbons (Fsp3) is 0.615. The molecule has 0 saturated carbocycles. The summed E-state index contributed by atoms with van der Waals surface area (Å²) in [5.41, 5.74) is 3.50. The summed E-state index contributed by atoms with van der Waals surface area (Å²) in [5.74, 6) is 1.73. The SMILES string of the molecule is CCCCC(CC)Cc1c2cc[se]c2c(CC(CC)CCCC)c2cc[se]c12. The number of rotatable bonds is 12. The summed E-state index contributed by atoms with van der Waals surface area (Å²) < 4.78 is 3.51. The first-order chi connectivity index (χ1) is 13.7. The second-order valence-corrected chi connectivity index (χ2v) is 12.4. The molecule has 0 nitrogen and oxygen atoms in total. The molecule has 3 aromatic rings. The Morgan fingerprint density at radius 2 is 1.11 bits per heavy atom. The van der Waals surface area contributed by atoms with Gasteiger partial charge in [0.25, 0.3) is 0 Å². The molecule has 0 radical (unpaired) electrons. The van der Waals surface area contributed by atoms with Crippen molar-refractivity contribution in [3.63, 3.8) is 0 Å². The molecule has 0 aliphatic heterocycles. The molecule has 2 atom stereocenters. The van der Waals surface area contributed by atoms with E-state index in [9.17, 15) is 0 Å². The first-order valence-corrected chi connectivity index (χ1v) is 15.3. The van der Waals surface area contributed by atoms with E-state index in [1.807, 2.05) is 0 Å². The molecule has 154 valence electrons. The Kier molecular flexibility index (Phi) is 8.98. The van der Waals surface area contributed by atoms with Crippen molar-refractivity contribution >= 4 is 48.3 Å². The first kappa shape index (κ1) is 22.4. The van der Waals surface area contributed by atoms with Crippen LogP contribution in [-0.4, -0.2) is 29.0 Å². The summed E-state index contributed by atoms with van der Waals surface area (Å²) in [7, 11) is 0. The molecule has 0 aliphatic carbocycles. The van der Waals surface area contributed by atoms with Gasteiger partial charge in [0.05, 0.1) is 0 Å². The number of hydrogen-bond donors (Lipinski definition) is 0. The number of benzene rings is 1. The van der Waals surface area contributed by atoms with Crippen LogP contribution >= 0.6 is 0 Å². The molecule has 2 heteroatoms. The van der Waals surface area contributed by atoms with Crippen LogP contribution < -0.4 is 0 Å². The number of unbranched alkanes of at least 4 members (excludes halogenated alkanes) is 2. The molecule has 0 fully saturated rings. The van der Waals surface area contributed by atoms with Crippen molar-refractivity contribution in [3.05, 3.63) is 33.1 Å². The maximum atomic E-state index is 2.50. The van der Waals surface area contributed by atoms with E-state index in [-0.39, 0.29) is 0 Å². The molecule has 2 heterocycles. The molecule has 28 heavy (non-hydrogen) atoms. The van der Waals surface area contributed by atoms with E-state index in [0.717, 1.165) is 11.8 Å². The summed E-state index contributed by atoms with van der Waals surface area (Å²) in [4.78, 5) is 4.99. The second-order valence-electron chi connectivity index (χ2n) is 8.53. The Hall–Kier alpha value is -0.261. The van der Waals surface area contributed by atoms with E-state index in [2.05, 4.69) is 49.7 Å². The maximum absolute atomic E-state index is 2.50. The molecule has 2 aromatic heterocycles. The Morgan fingerprint density at radius 1 is 0.679 bits per heavy atom. The standard InChI is InChI=1S/C26H38Se2/c1-5-9-11-19(7-3)17-23-21-13-15-28-26(21)24(22-14-16-27-25(22)23)18-20(8-4)12-10-6-2/h13-16,19-20H,5-12,17-18H2,1-4H3. The van der Waals surface area contributed by atoms with Crippen molar-refractivity contribution in [2.24, 2.45) is 11.8 Å². The molecule has 3 rings (SSSR count). The zero-order valence-electron chi connectivity index (χ0n) is 18.4. The van der Waals surface area contributed by atoms with Gasteiger partial charge in [0.1, 0.15) is 0 Å². The fourth-order valence-electron chi connectivity index (χ4n) is 4.68. The van der Waals surface area contributed by atoms with Crippen molar-refractivity contribution in [1.82, 2.24) is 0 Å². The van der Waals surface area contributed by atoms with Crippen LogP contribution in [0.4, 0.5) is 0 Å². The zero-order valence-corrected chi connectivity index (χ0v) is 21.8. The van der Waals surface area contributed by atoms with Gasteiger partial charge in [-0.2, -0.15) is 0 Å². The molecule has 0 bridgehead atoms. The molecule has 1 aromatic carbocycles. The van der Waals surface area contributed by atoms with Crippen LogP contribution in [0.2, 0.25) is 0 Å². The fourth-order valence-corrected chi connectivity index (χ4v) is 8.85. The zero-order chi connectivity index (χ0) is 19.9. The van der Waals surface area contributed by atoms with Crippen LogP contribution in [-0.2, 0) is 12.8 Å². The molecule has 0 spiro atoms. The van der Waals surface area contributed by atoms with Crippen molar-refractivity contribution in [1.29, 1.82) is 0 Å². The monoisotopic (exact) mass is 510 g/mol. The molecule has 0 N–H and O–H groups in total. The Bertz CT molecular complexity index is 735. The van der Waals surface area contributed by atoms with Crippen LogP contribution in [0.5, 0.6) is 0 Å². The third-order valence-electron chi connectivity index (χ3n) is 6.60. The van der Waals surface area contributed by atoms with Crippen molar-refractivity contribution in [2.75, 3.05) is 0 Å². The van der Waals surface area contributed by atoms with Crippen molar-refractivity contribution in [2.45, 2.75) is 91.9 Å². The minimum absolute atomic E-state index is 0.548. The minimum atomic E-state index is 0.548. The Labute approximate surface area is 184 Å². The van der Waals surface area contributed by atoms with Gasteiger partial charge >= 0.3 is 185 Å². The van der Waals surface area contributed by atoms with Crippen molar-refractivity contribution < 1.29 is 0 Å². The van der Waals surface area contributed by atoms with Gasteiger partial charge in [0.2, 0.25) is 0 Å². The van der Waals surface area contributed by atoms with Crippen LogP contribution in [0, 0.1) is 11.8 Å². The van der Waals surface area contributed by atoms with Crippen LogP contribution in [0.3, 0.4) is 0 Å². The van der Waals surface area contributed by atoms with E-state index >= 15 is 0 Å². The quantitative estimate of drug-likeness (QED) is 0.221. The summed E-state index contributed by atoms with van der Waals surface area (Å²) in [6, 6.07) is 5.00. The summed E-state index contributed by atoms with van der Waals surface area (Å²) in [6.45, 7) is 9.46. The average Bonchev–Trinajstić information content (AvgIpc) is 3.39. The number of fused-ring (bicyclic) bond motifs is 2. The molecule has 0 saturated heterocycles. The van der Waals surface area contributed by atoms with E-state index in [1.54, 1.807) is 30.4 Å². The summed E-state index contributed by atoms with van der Waals surface area (Å²) >= 11 is 1.10. The molecular formula is C26H38Se2. The van der Waals surface area contributed by atoms with Gasteiger partial charge in [-0.15, -0.1) is 0 Å². The summed E-state index contributed by atoms with van der Waals surface area (Å²) in [5, 5.41) is 3.33. The predicted molar refractivity (Wildman–Crippen MR) is 129 cm³/mol. The van der Waals surface area contributed by atoms with E-state index in [1.165, 1.54) is 64.2 Å². The topological polar surface area (TPSA) is 0 Å². The predicted octanol–water partition coefficient (Wildman–Crippen LogP) is 7.62. The third kappa shape index (κ3) is 5.07. The van der Waals surface area contributed by atoms with Gasteiger partial charge < -0.3 is 0 Å². The first-order valence-electron chi connectivity index (χ1n) is 11.6. The van der Waals surface area contributed by atoms with Crippen LogP contribution in [0.25, 0.3) is 19.3 Å². The molecule has 2 unspecified atom stereocenters.